The van der Waals surface area contributed by atoms with Crippen molar-refractivity contribution in [3.05, 3.63) is 100 Å². The smallest absolute Gasteiger partial charge is 0.255 e. The average molecular weight is 445 g/mol. The lowest BCUT2D eigenvalue weighted by Crippen LogP contribution is -2.30. The standard InChI is InChI=1S/C27H28N2O2S/c1-18-15-19(2)25(20(3)16-18)28-26(31)22-9-11-23(12-10-22)27-29(24(30)17-32-27)14-13-21-7-5-4-6-8-21/h4-12,15-16,27H,13-14,17H2,1-3H3,(H,28,31)/t27-/m0/s1. The number of rotatable bonds is 6. The summed E-state index contributed by atoms with van der Waals surface area (Å²) in [5.41, 5.74) is 7.05. The Hall–Kier alpha value is -3.05. The molecule has 1 atom stereocenters. The maximum absolute atomic E-state index is 12.8. The Morgan fingerprint density at radius 3 is 2.31 bits per heavy atom. The third kappa shape index (κ3) is 4.89. The Balaban J connectivity index is 1.45. The van der Waals surface area contributed by atoms with Crippen molar-refractivity contribution in [3.8, 4) is 0 Å². The number of anilines is 1. The monoisotopic (exact) mass is 444 g/mol. The predicted molar refractivity (Wildman–Crippen MR) is 132 cm³/mol. The van der Waals surface area contributed by atoms with Crippen molar-refractivity contribution in [2.45, 2.75) is 32.6 Å². The zero-order valence-electron chi connectivity index (χ0n) is 18.7. The SMILES string of the molecule is Cc1cc(C)c(NC(=O)c2ccc([C@@H]3SCC(=O)N3CCc3ccccc3)cc2)c(C)c1. The highest BCUT2D eigenvalue weighted by Gasteiger charge is 2.32. The van der Waals surface area contributed by atoms with Crippen LogP contribution in [-0.2, 0) is 11.2 Å². The number of carbonyl (C=O) groups excluding carboxylic acids is 2. The summed E-state index contributed by atoms with van der Waals surface area (Å²) < 4.78 is 0. The fraction of sp³-hybridized carbons (Fsp3) is 0.259. The van der Waals surface area contributed by atoms with Crippen LogP contribution >= 0.6 is 11.8 Å². The molecule has 1 aliphatic heterocycles. The van der Waals surface area contributed by atoms with Crippen LogP contribution in [0.3, 0.4) is 0 Å². The van der Waals surface area contributed by atoms with Crippen molar-refractivity contribution in [2.75, 3.05) is 17.6 Å². The van der Waals surface area contributed by atoms with Gasteiger partial charge in [0.1, 0.15) is 5.37 Å². The molecule has 164 valence electrons. The summed E-state index contributed by atoms with van der Waals surface area (Å²) in [5.74, 6) is 0.541. The van der Waals surface area contributed by atoms with Crippen LogP contribution in [0.4, 0.5) is 5.69 Å². The minimum Gasteiger partial charge on any atom is -0.326 e. The highest BCUT2D eigenvalue weighted by atomic mass is 32.2. The summed E-state index contributed by atoms with van der Waals surface area (Å²) in [6.07, 6.45) is 0.833. The molecule has 5 heteroatoms. The number of carbonyl (C=O) groups is 2. The first-order valence-corrected chi connectivity index (χ1v) is 11.9. The van der Waals surface area contributed by atoms with Gasteiger partial charge in [0.2, 0.25) is 5.91 Å². The molecule has 0 unspecified atom stereocenters. The molecule has 0 saturated carbocycles. The fourth-order valence-electron chi connectivity index (χ4n) is 4.23. The highest BCUT2D eigenvalue weighted by Crippen LogP contribution is 2.38. The first-order valence-electron chi connectivity index (χ1n) is 10.9. The zero-order chi connectivity index (χ0) is 22.7. The van der Waals surface area contributed by atoms with Gasteiger partial charge < -0.3 is 10.2 Å². The van der Waals surface area contributed by atoms with E-state index in [1.807, 2.05) is 61.2 Å². The van der Waals surface area contributed by atoms with Gasteiger partial charge in [0.25, 0.3) is 5.91 Å². The summed E-state index contributed by atoms with van der Waals surface area (Å²) in [6, 6.07) is 22.0. The Morgan fingerprint density at radius 1 is 1.00 bits per heavy atom. The molecular weight excluding hydrogens is 416 g/mol. The third-order valence-electron chi connectivity index (χ3n) is 5.83. The van der Waals surface area contributed by atoms with Crippen molar-refractivity contribution in [2.24, 2.45) is 0 Å². The molecule has 3 aromatic carbocycles. The topological polar surface area (TPSA) is 49.4 Å². The number of benzene rings is 3. The van der Waals surface area contributed by atoms with E-state index in [4.69, 9.17) is 0 Å². The Kier molecular flexibility index (Phi) is 6.66. The van der Waals surface area contributed by atoms with Gasteiger partial charge in [-0.25, -0.2) is 0 Å². The van der Waals surface area contributed by atoms with Crippen LogP contribution in [0, 0.1) is 20.8 Å². The molecule has 3 aromatic rings. The molecule has 1 saturated heterocycles. The van der Waals surface area contributed by atoms with E-state index in [1.165, 1.54) is 11.1 Å². The number of aryl methyl sites for hydroxylation is 3. The number of nitrogens with zero attached hydrogens (tertiary/aromatic N) is 1. The molecule has 1 fully saturated rings. The molecule has 2 amide bonds. The van der Waals surface area contributed by atoms with Crippen LogP contribution in [0.15, 0.2) is 66.7 Å². The van der Waals surface area contributed by atoms with Crippen LogP contribution in [0.2, 0.25) is 0 Å². The van der Waals surface area contributed by atoms with Gasteiger partial charge in [0, 0.05) is 17.8 Å². The predicted octanol–water partition coefficient (Wildman–Crippen LogP) is 5.68. The first-order chi connectivity index (χ1) is 15.4. The van der Waals surface area contributed by atoms with Gasteiger partial charge in [0.15, 0.2) is 0 Å². The van der Waals surface area contributed by atoms with Gasteiger partial charge in [-0.05, 0) is 61.6 Å². The van der Waals surface area contributed by atoms with Crippen LogP contribution in [0.5, 0.6) is 0 Å². The molecule has 4 rings (SSSR count). The lowest BCUT2D eigenvalue weighted by atomic mass is 10.0. The van der Waals surface area contributed by atoms with Crippen molar-refractivity contribution < 1.29 is 9.59 Å². The first kappa shape index (κ1) is 22.2. The van der Waals surface area contributed by atoms with E-state index in [9.17, 15) is 9.59 Å². The average Bonchev–Trinajstić information content (AvgIpc) is 3.15. The van der Waals surface area contributed by atoms with Crippen molar-refractivity contribution in [3.63, 3.8) is 0 Å². The van der Waals surface area contributed by atoms with Crippen molar-refractivity contribution in [1.82, 2.24) is 4.90 Å². The van der Waals surface area contributed by atoms with Gasteiger partial charge in [-0.15, -0.1) is 11.8 Å². The minimum absolute atomic E-state index is 0.00934. The molecule has 0 aromatic heterocycles. The molecule has 0 aliphatic carbocycles. The van der Waals surface area contributed by atoms with E-state index in [0.29, 0.717) is 17.9 Å². The van der Waals surface area contributed by atoms with E-state index < -0.39 is 0 Å². The van der Waals surface area contributed by atoms with Gasteiger partial charge in [0.05, 0.1) is 5.75 Å². The number of nitrogens with one attached hydrogen (secondary N) is 1. The quantitative estimate of drug-likeness (QED) is 0.532. The lowest BCUT2D eigenvalue weighted by molar-refractivity contribution is -0.128. The fourth-order valence-corrected chi connectivity index (χ4v) is 5.45. The third-order valence-corrected chi connectivity index (χ3v) is 7.08. The van der Waals surface area contributed by atoms with Gasteiger partial charge in [-0.1, -0.05) is 60.2 Å². The summed E-state index contributed by atoms with van der Waals surface area (Å²) in [4.78, 5) is 27.3. The molecule has 0 radical (unpaired) electrons. The molecular formula is C27H28N2O2S. The van der Waals surface area contributed by atoms with E-state index in [0.717, 1.165) is 28.8 Å². The van der Waals surface area contributed by atoms with Crippen LogP contribution in [-0.4, -0.2) is 29.0 Å². The van der Waals surface area contributed by atoms with E-state index >= 15 is 0 Å². The molecule has 1 aliphatic rings. The number of amides is 2. The molecule has 0 spiro atoms. The Labute approximate surface area is 194 Å². The lowest BCUT2D eigenvalue weighted by Gasteiger charge is -2.24. The van der Waals surface area contributed by atoms with Crippen molar-refractivity contribution in [1.29, 1.82) is 0 Å². The number of thioether (sulfide) groups is 1. The van der Waals surface area contributed by atoms with Gasteiger partial charge in [-0.2, -0.15) is 0 Å². The largest absolute Gasteiger partial charge is 0.326 e. The number of hydrogen-bond donors (Lipinski definition) is 1. The molecule has 32 heavy (non-hydrogen) atoms. The minimum atomic E-state index is -0.123. The summed E-state index contributed by atoms with van der Waals surface area (Å²) >= 11 is 1.64. The molecule has 1 N–H and O–H groups in total. The van der Waals surface area contributed by atoms with Gasteiger partial charge >= 0.3 is 0 Å². The molecule has 0 bridgehead atoms. The zero-order valence-corrected chi connectivity index (χ0v) is 19.5. The van der Waals surface area contributed by atoms with E-state index in [-0.39, 0.29) is 17.2 Å². The molecule has 1 heterocycles. The Bertz CT molecular complexity index is 1100. The van der Waals surface area contributed by atoms with E-state index in [1.54, 1.807) is 11.8 Å². The van der Waals surface area contributed by atoms with Crippen LogP contribution in [0.1, 0.15) is 43.5 Å². The maximum Gasteiger partial charge on any atom is 0.255 e. The summed E-state index contributed by atoms with van der Waals surface area (Å²) in [7, 11) is 0. The summed E-state index contributed by atoms with van der Waals surface area (Å²) in [6.45, 7) is 6.77. The second kappa shape index (κ2) is 9.61. The summed E-state index contributed by atoms with van der Waals surface area (Å²) in [5, 5.41) is 3.05. The highest BCUT2D eigenvalue weighted by molar-refractivity contribution is 8.00. The van der Waals surface area contributed by atoms with Crippen LogP contribution < -0.4 is 5.32 Å². The van der Waals surface area contributed by atoms with Crippen LogP contribution in [0.25, 0.3) is 0 Å². The second-order valence-electron chi connectivity index (χ2n) is 8.34. The van der Waals surface area contributed by atoms with Crippen molar-refractivity contribution >= 4 is 29.3 Å². The normalized spacial score (nSPS) is 15.8. The second-order valence-corrected chi connectivity index (χ2v) is 9.40. The number of hydrogen-bond acceptors (Lipinski definition) is 3. The Morgan fingerprint density at radius 2 is 1.66 bits per heavy atom. The van der Waals surface area contributed by atoms with Gasteiger partial charge in [-0.3, -0.25) is 9.59 Å². The van der Waals surface area contributed by atoms with E-state index in [2.05, 4.69) is 36.5 Å². The maximum atomic E-state index is 12.8. The molecule has 4 nitrogen and oxygen atoms in total.